The van der Waals surface area contributed by atoms with Gasteiger partial charge in [-0.2, -0.15) is 0 Å². The molecule has 98 valence electrons. The van der Waals surface area contributed by atoms with Crippen molar-refractivity contribution < 1.29 is 19.2 Å². The maximum atomic E-state index is 11.6. The molecule has 5 nitrogen and oxygen atoms in total. The maximum Gasteiger partial charge on any atom is 0.441 e. The fourth-order valence-corrected chi connectivity index (χ4v) is 1.28. The number of amides is 1. The van der Waals surface area contributed by atoms with Crippen molar-refractivity contribution in [1.82, 2.24) is 5.48 Å². The Labute approximate surface area is 110 Å². The van der Waals surface area contributed by atoms with Gasteiger partial charge in [0.05, 0.1) is 10.6 Å². The third kappa shape index (κ3) is 4.63. The molecule has 0 aliphatic rings. The van der Waals surface area contributed by atoms with Crippen LogP contribution in [0.1, 0.15) is 31.1 Å². The predicted molar refractivity (Wildman–Crippen MR) is 66.2 cm³/mol. The van der Waals surface area contributed by atoms with E-state index in [2.05, 4.69) is 4.84 Å². The average Bonchev–Trinajstić information content (AvgIpc) is 2.24. The molecule has 1 N–H and O–H groups in total. The van der Waals surface area contributed by atoms with Crippen molar-refractivity contribution in [3.05, 3.63) is 34.9 Å². The van der Waals surface area contributed by atoms with Gasteiger partial charge in [-0.25, -0.2) is 9.59 Å². The van der Waals surface area contributed by atoms with Gasteiger partial charge in [0.1, 0.15) is 5.60 Å². The molecule has 0 atom stereocenters. The summed E-state index contributed by atoms with van der Waals surface area (Å²) in [5.74, 6) is -0.758. The minimum absolute atomic E-state index is 0.162. The van der Waals surface area contributed by atoms with Crippen LogP contribution < -0.4 is 5.48 Å². The van der Waals surface area contributed by atoms with Gasteiger partial charge in [0.15, 0.2) is 0 Å². The Hall–Kier alpha value is -1.75. The van der Waals surface area contributed by atoms with Crippen molar-refractivity contribution in [2.24, 2.45) is 0 Å². The number of halogens is 1. The van der Waals surface area contributed by atoms with Gasteiger partial charge in [0, 0.05) is 0 Å². The molecule has 6 heteroatoms. The fourth-order valence-electron chi connectivity index (χ4n) is 1.07. The molecule has 0 spiro atoms. The Bertz CT molecular complexity index is 454. The summed E-state index contributed by atoms with van der Waals surface area (Å²) < 4.78 is 4.89. The van der Waals surface area contributed by atoms with Gasteiger partial charge >= 0.3 is 12.1 Å². The summed E-state index contributed by atoms with van der Waals surface area (Å²) in [5, 5.41) is 0.244. The minimum atomic E-state index is -0.845. The monoisotopic (exact) mass is 271 g/mol. The minimum Gasteiger partial charge on any atom is -0.442 e. The first kappa shape index (κ1) is 14.3. The maximum absolute atomic E-state index is 11.6. The number of hydrogen-bond donors (Lipinski definition) is 1. The molecular formula is C12H14ClNO4. The van der Waals surface area contributed by atoms with E-state index in [1.54, 1.807) is 39.0 Å². The zero-order valence-electron chi connectivity index (χ0n) is 10.3. The van der Waals surface area contributed by atoms with Gasteiger partial charge in [0.25, 0.3) is 0 Å². The van der Waals surface area contributed by atoms with E-state index >= 15 is 0 Å². The van der Waals surface area contributed by atoms with E-state index in [9.17, 15) is 9.59 Å². The molecule has 0 aliphatic carbocycles. The Morgan fingerprint density at radius 3 is 2.39 bits per heavy atom. The van der Waals surface area contributed by atoms with Crippen molar-refractivity contribution in [2.75, 3.05) is 0 Å². The number of ether oxygens (including phenoxy) is 1. The lowest BCUT2D eigenvalue weighted by Crippen LogP contribution is -2.34. The molecule has 0 saturated heterocycles. The normalized spacial score (nSPS) is 10.7. The third-order valence-electron chi connectivity index (χ3n) is 1.72. The molecule has 0 aliphatic heterocycles. The highest BCUT2D eigenvalue weighted by atomic mass is 35.5. The standard InChI is InChI=1S/C12H14ClNO4/c1-12(2,3)17-11(16)14-18-10(15)8-6-4-5-7-9(8)13/h4-7H,1-3H3,(H,14,16). The van der Waals surface area contributed by atoms with Crippen LogP contribution in [0.15, 0.2) is 24.3 Å². The van der Waals surface area contributed by atoms with E-state index in [4.69, 9.17) is 16.3 Å². The van der Waals surface area contributed by atoms with E-state index in [0.717, 1.165) is 0 Å². The second-order valence-corrected chi connectivity index (χ2v) is 4.88. The van der Waals surface area contributed by atoms with E-state index in [1.165, 1.54) is 6.07 Å². The van der Waals surface area contributed by atoms with Gasteiger partial charge in [-0.3, -0.25) is 0 Å². The molecule has 0 saturated carbocycles. The number of hydrogen-bond acceptors (Lipinski definition) is 4. The van der Waals surface area contributed by atoms with E-state index < -0.39 is 17.7 Å². The van der Waals surface area contributed by atoms with Gasteiger partial charge in [0.2, 0.25) is 0 Å². The summed E-state index contributed by atoms with van der Waals surface area (Å²) >= 11 is 5.80. The second-order valence-electron chi connectivity index (χ2n) is 4.47. The van der Waals surface area contributed by atoms with Crippen LogP contribution in [0.2, 0.25) is 5.02 Å². The highest BCUT2D eigenvalue weighted by Gasteiger charge is 2.18. The van der Waals surface area contributed by atoms with Crippen LogP contribution in [-0.2, 0) is 9.57 Å². The van der Waals surface area contributed by atoms with Crippen LogP contribution in [0.3, 0.4) is 0 Å². The molecule has 0 aromatic heterocycles. The van der Waals surface area contributed by atoms with Gasteiger partial charge in [-0.15, -0.1) is 5.48 Å². The fraction of sp³-hybridized carbons (Fsp3) is 0.333. The zero-order chi connectivity index (χ0) is 13.8. The summed E-state index contributed by atoms with van der Waals surface area (Å²) in [5.41, 5.74) is 1.39. The summed E-state index contributed by atoms with van der Waals surface area (Å²) in [4.78, 5) is 27.4. The van der Waals surface area contributed by atoms with Crippen LogP contribution in [-0.4, -0.2) is 17.7 Å². The molecule has 1 aromatic carbocycles. The molecule has 1 aromatic rings. The largest absolute Gasteiger partial charge is 0.442 e. The quantitative estimate of drug-likeness (QED) is 0.798. The molecular weight excluding hydrogens is 258 g/mol. The lowest BCUT2D eigenvalue weighted by Gasteiger charge is -2.19. The van der Waals surface area contributed by atoms with Crippen LogP contribution in [0, 0.1) is 0 Å². The van der Waals surface area contributed by atoms with Gasteiger partial charge in [-0.1, -0.05) is 23.7 Å². The molecule has 0 fully saturated rings. The Morgan fingerprint density at radius 2 is 1.83 bits per heavy atom. The van der Waals surface area contributed by atoms with Crippen molar-refractivity contribution in [3.8, 4) is 0 Å². The SMILES string of the molecule is CC(C)(C)OC(=O)NOC(=O)c1ccccc1Cl. The molecule has 0 heterocycles. The van der Waals surface area contributed by atoms with Gasteiger partial charge < -0.3 is 9.57 Å². The molecule has 1 rings (SSSR count). The topological polar surface area (TPSA) is 64.6 Å². The first-order valence-electron chi connectivity index (χ1n) is 5.24. The first-order valence-corrected chi connectivity index (χ1v) is 5.62. The Morgan fingerprint density at radius 1 is 1.22 bits per heavy atom. The summed E-state index contributed by atoms with van der Waals surface area (Å²) in [6.45, 7) is 5.09. The van der Waals surface area contributed by atoms with Crippen LogP contribution >= 0.6 is 11.6 Å². The van der Waals surface area contributed by atoms with E-state index in [-0.39, 0.29) is 10.6 Å². The molecule has 0 bridgehead atoms. The second kappa shape index (κ2) is 5.73. The van der Waals surface area contributed by atoms with Crippen LogP contribution in [0.25, 0.3) is 0 Å². The number of rotatable bonds is 1. The summed E-state index contributed by atoms with van der Waals surface area (Å²) in [6, 6.07) is 6.35. The highest BCUT2D eigenvalue weighted by Crippen LogP contribution is 2.15. The number of carbonyl (C=O) groups is 2. The average molecular weight is 272 g/mol. The Kier molecular flexibility index (Phi) is 4.55. The van der Waals surface area contributed by atoms with E-state index in [1.807, 2.05) is 5.48 Å². The number of nitrogens with one attached hydrogen (secondary N) is 1. The first-order chi connectivity index (χ1) is 8.29. The molecule has 0 unspecified atom stereocenters. The summed E-state index contributed by atoms with van der Waals surface area (Å²) in [7, 11) is 0. The zero-order valence-corrected chi connectivity index (χ0v) is 11.1. The van der Waals surface area contributed by atoms with Crippen molar-refractivity contribution >= 4 is 23.7 Å². The Balaban J connectivity index is 2.52. The number of carbonyl (C=O) groups excluding carboxylic acids is 2. The van der Waals surface area contributed by atoms with Crippen molar-refractivity contribution in [3.63, 3.8) is 0 Å². The van der Waals surface area contributed by atoms with Crippen molar-refractivity contribution in [2.45, 2.75) is 26.4 Å². The lowest BCUT2D eigenvalue weighted by atomic mass is 10.2. The smallest absolute Gasteiger partial charge is 0.441 e. The number of benzene rings is 1. The lowest BCUT2D eigenvalue weighted by molar-refractivity contribution is -0.00128. The third-order valence-corrected chi connectivity index (χ3v) is 2.05. The molecule has 18 heavy (non-hydrogen) atoms. The van der Waals surface area contributed by atoms with Crippen LogP contribution in [0.5, 0.6) is 0 Å². The van der Waals surface area contributed by atoms with Crippen LogP contribution in [0.4, 0.5) is 4.79 Å². The highest BCUT2D eigenvalue weighted by molar-refractivity contribution is 6.33. The number of hydroxylamine groups is 1. The predicted octanol–water partition coefficient (Wildman–Crippen LogP) is 2.94. The summed E-state index contributed by atoms with van der Waals surface area (Å²) in [6.07, 6.45) is -0.845. The molecule has 0 radical (unpaired) electrons. The van der Waals surface area contributed by atoms with E-state index in [0.29, 0.717) is 0 Å². The van der Waals surface area contributed by atoms with Crippen molar-refractivity contribution in [1.29, 1.82) is 0 Å². The molecule has 1 amide bonds. The van der Waals surface area contributed by atoms with Gasteiger partial charge in [-0.05, 0) is 32.9 Å².